The van der Waals surface area contributed by atoms with Crippen molar-refractivity contribution in [2.24, 2.45) is 0 Å². The lowest BCUT2D eigenvalue weighted by atomic mass is 9.79. The second kappa shape index (κ2) is 6.74. The summed E-state index contributed by atoms with van der Waals surface area (Å²) >= 11 is 6.41. The molecule has 2 aliphatic rings. The summed E-state index contributed by atoms with van der Waals surface area (Å²) in [6.45, 7) is 11.7. The van der Waals surface area contributed by atoms with Gasteiger partial charge in [0.1, 0.15) is 6.54 Å². The molecule has 0 radical (unpaired) electrons. The molecule has 0 saturated carbocycles. The molecule has 1 fully saturated rings. The van der Waals surface area contributed by atoms with Crippen LogP contribution in [0.5, 0.6) is 11.5 Å². The molecule has 2 heterocycles. The van der Waals surface area contributed by atoms with Gasteiger partial charge in [-0.3, -0.25) is 0 Å². The average Bonchev–Trinajstić information content (AvgIpc) is 2.67. The van der Waals surface area contributed by atoms with Crippen LogP contribution in [0.1, 0.15) is 52.5 Å². The van der Waals surface area contributed by atoms with Crippen LogP contribution in [0, 0.1) is 0 Å². The molecule has 134 valence electrons. The normalized spacial score (nSPS) is 22.9. The van der Waals surface area contributed by atoms with Crippen molar-refractivity contribution in [3.8, 4) is 11.5 Å². The highest BCUT2D eigenvalue weighted by Gasteiger charge is 2.43. The predicted octanol–water partition coefficient (Wildman–Crippen LogP) is 1.85. The molecule has 4 N–H and O–H groups in total. The van der Waals surface area contributed by atoms with Crippen molar-refractivity contribution in [2.75, 3.05) is 13.2 Å². The highest BCUT2D eigenvalue weighted by molar-refractivity contribution is 6.32. The van der Waals surface area contributed by atoms with E-state index in [0.29, 0.717) is 41.1 Å². The lowest BCUT2D eigenvalue weighted by Gasteiger charge is -2.41. The molecule has 3 rings (SSSR count). The van der Waals surface area contributed by atoms with Crippen LogP contribution in [-0.2, 0) is 6.54 Å². The fourth-order valence-electron chi connectivity index (χ4n) is 4.47. The van der Waals surface area contributed by atoms with E-state index >= 15 is 0 Å². The number of nitrogens with two attached hydrogens (primary N) is 2. The van der Waals surface area contributed by atoms with E-state index in [9.17, 15) is 0 Å². The standard InChI is InChI=1S/C19H29ClN2O2/c1-18(2)10-14(11-19(3,4)22-18)21-12-13-8-15(20)17-16(9-13)23-6-5-7-24-17/h8-9,14,21-22H,5-7,10-12H2,1-4H3/p+2. The minimum absolute atomic E-state index is 0.297. The molecule has 0 unspecified atom stereocenters. The molecule has 24 heavy (non-hydrogen) atoms. The van der Waals surface area contributed by atoms with Gasteiger partial charge in [-0.25, -0.2) is 0 Å². The Labute approximate surface area is 150 Å². The lowest BCUT2D eigenvalue weighted by Crippen LogP contribution is -3.09. The summed E-state index contributed by atoms with van der Waals surface area (Å²) in [6, 6.07) is 4.75. The maximum absolute atomic E-state index is 6.41. The quantitative estimate of drug-likeness (QED) is 0.870. The highest BCUT2D eigenvalue weighted by Crippen LogP contribution is 2.37. The van der Waals surface area contributed by atoms with Gasteiger partial charge in [0.15, 0.2) is 11.5 Å². The van der Waals surface area contributed by atoms with Gasteiger partial charge in [-0.05, 0) is 39.8 Å². The van der Waals surface area contributed by atoms with Gasteiger partial charge in [0, 0.05) is 12.0 Å². The number of hydrogen-bond donors (Lipinski definition) is 2. The molecule has 0 amide bonds. The molecule has 4 nitrogen and oxygen atoms in total. The van der Waals surface area contributed by atoms with Gasteiger partial charge < -0.3 is 20.1 Å². The lowest BCUT2D eigenvalue weighted by molar-refractivity contribution is -0.816. The average molecular weight is 355 g/mol. The van der Waals surface area contributed by atoms with Gasteiger partial charge in [0.05, 0.1) is 48.2 Å². The van der Waals surface area contributed by atoms with Crippen molar-refractivity contribution in [2.45, 2.75) is 70.6 Å². The van der Waals surface area contributed by atoms with Crippen LogP contribution >= 0.6 is 11.6 Å². The van der Waals surface area contributed by atoms with E-state index in [1.807, 2.05) is 6.07 Å². The third-order valence-electron chi connectivity index (χ3n) is 4.91. The summed E-state index contributed by atoms with van der Waals surface area (Å²) in [6.07, 6.45) is 3.33. The fourth-order valence-corrected chi connectivity index (χ4v) is 4.76. The first-order chi connectivity index (χ1) is 11.2. The fraction of sp³-hybridized carbons (Fsp3) is 0.684. The van der Waals surface area contributed by atoms with Crippen LogP contribution in [0.25, 0.3) is 0 Å². The molecule has 0 atom stereocenters. The zero-order valence-corrected chi connectivity index (χ0v) is 16.1. The number of quaternary nitrogens is 2. The van der Waals surface area contributed by atoms with Gasteiger partial charge in [-0.15, -0.1) is 0 Å². The zero-order valence-electron chi connectivity index (χ0n) is 15.3. The van der Waals surface area contributed by atoms with Gasteiger partial charge >= 0.3 is 0 Å². The summed E-state index contributed by atoms with van der Waals surface area (Å²) in [7, 11) is 0. The molecule has 2 aliphatic heterocycles. The highest BCUT2D eigenvalue weighted by atomic mass is 35.5. The molecular weight excluding hydrogens is 324 g/mol. The van der Waals surface area contributed by atoms with Crippen molar-refractivity contribution in [3.05, 3.63) is 22.7 Å². The number of ether oxygens (including phenoxy) is 2. The van der Waals surface area contributed by atoms with Crippen LogP contribution in [0.2, 0.25) is 5.02 Å². The number of rotatable bonds is 3. The van der Waals surface area contributed by atoms with Gasteiger partial charge in [0.2, 0.25) is 0 Å². The molecule has 1 aromatic carbocycles. The van der Waals surface area contributed by atoms with Crippen LogP contribution in [-0.4, -0.2) is 30.3 Å². The first kappa shape index (κ1) is 17.8. The van der Waals surface area contributed by atoms with E-state index < -0.39 is 0 Å². The van der Waals surface area contributed by atoms with E-state index in [-0.39, 0.29) is 0 Å². The van der Waals surface area contributed by atoms with Gasteiger partial charge in [-0.2, -0.15) is 0 Å². The summed E-state index contributed by atoms with van der Waals surface area (Å²) in [5, 5.41) is 5.65. The van der Waals surface area contributed by atoms with Crippen molar-refractivity contribution < 1.29 is 20.1 Å². The van der Waals surface area contributed by atoms with Gasteiger partial charge in [-0.1, -0.05) is 11.6 Å². The van der Waals surface area contributed by atoms with Crippen molar-refractivity contribution in [1.29, 1.82) is 0 Å². The first-order valence-corrected chi connectivity index (χ1v) is 9.40. The third kappa shape index (κ3) is 4.35. The Bertz CT molecular complexity index is 585. The Hall–Kier alpha value is -0.970. The van der Waals surface area contributed by atoms with Crippen LogP contribution in [0.15, 0.2) is 12.1 Å². The zero-order chi connectivity index (χ0) is 17.4. The Morgan fingerprint density at radius 3 is 2.50 bits per heavy atom. The van der Waals surface area contributed by atoms with Crippen LogP contribution in [0.4, 0.5) is 0 Å². The van der Waals surface area contributed by atoms with E-state index in [1.165, 1.54) is 18.4 Å². The molecule has 0 aromatic heterocycles. The summed E-state index contributed by atoms with van der Waals surface area (Å²) in [5.41, 5.74) is 1.80. The summed E-state index contributed by atoms with van der Waals surface area (Å²) < 4.78 is 11.5. The van der Waals surface area contributed by atoms with Crippen LogP contribution < -0.4 is 20.1 Å². The number of hydrogen-bond acceptors (Lipinski definition) is 2. The number of benzene rings is 1. The number of piperidine rings is 1. The molecule has 0 spiro atoms. The maximum Gasteiger partial charge on any atom is 0.179 e. The number of halogens is 1. The third-order valence-corrected chi connectivity index (χ3v) is 5.19. The van der Waals surface area contributed by atoms with Crippen molar-refractivity contribution in [3.63, 3.8) is 0 Å². The number of fused-ring (bicyclic) bond motifs is 1. The Morgan fingerprint density at radius 1 is 1.12 bits per heavy atom. The maximum atomic E-state index is 6.41. The van der Waals surface area contributed by atoms with Crippen molar-refractivity contribution >= 4 is 11.6 Å². The van der Waals surface area contributed by atoms with E-state index in [2.05, 4.69) is 44.4 Å². The Balaban J connectivity index is 1.68. The first-order valence-electron chi connectivity index (χ1n) is 9.03. The van der Waals surface area contributed by atoms with E-state index in [4.69, 9.17) is 21.1 Å². The van der Waals surface area contributed by atoms with Crippen molar-refractivity contribution in [1.82, 2.24) is 0 Å². The molecule has 0 aliphatic carbocycles. The molecule has 0 bridgehead atoms. The largest absolute Gasteiger partial charge is 0.489 e. The van der Waals surface area contributed by atoms with Crippen LogP contribution in [0.3, 0.4) is 0 Å². The molecule has 1 aromatic rings. The van der Waals surface area contributed by atoms with E-state index in [1.54, 1.807) is 0 Å². The Morgan fingerprint density at radius 2 is 1.79 bits per heavy atom. The summed E-state index contributed by atoms with van der Waals surface area (Å²) in [4.78, 5) is 0. The molecule has 5 heteroatoms. The Kier molecular flexibility index (Phi) is 5.01. The predicted molar refractivity (Wildman–Crippen MR) is 95.8 cm³/mol. The van der Waals surface area contributed by atoms with Gasteiger partial charge in [0.25, 0.3) is 0 Å². The van der Waals surface area contributed by atoms with E-state index in [0.717, 1.165) is 18.7 Å². The summed E-state index contributed by atoms with van der Waals surface area (Å²) in [5.74, 6) is 1.49. The SMILES string of the molecule is CC1(C)CC([NH2+]Cc2cc(Cl)c3c(c2)OCCCO3)CC(C)(C)[NH2+]1. The monoisotopic (exact) mass is 354 g/mol. The molecule has 1 saturated heterocycles. The second-order valence-corrected chi connectivity index (χ2v) is 9.09. The minimum Gasteiger partial charge on any atom is -0.489 e. The topological polar surface area (TPSA) is 51.7 Å². The smallest absolute Gasteiger partial charge is 0.179 e. The second-order valence-electron chi connectivity index (χ2n) is 8.69. The molecular formula is C19H31ClN2O2+2. The minimum atomic E-state index is 0.297.